The Hall–Kier alpha value is -4.60. The molecule has 7 atom stereocenters. The molecule has 6 rings (SSSR count). The number of amides is 4. The van der Waals surface area contributed by atoms with Crippen LogP contribution in [0.25, 0.3) is 10.8 Å². The quantitative estimate of drug-likeness (QED) is 0.289. The van der Waals surface area contributed by atoms with Gasteiger partial charge in [0, 0.05) is 31.8 Å². The zero-order chi connectivity index (χ0) is 38.5. The molecule has 2 aromatic rings. The van der Waals surface area contributed by atoms with Crippen LogP contribution in [0, 0.1) is 17.8 Å². The van der Waals surface area contributed by atoms with Gasteiger partial charge in [0.1, 0.15) is 35.3 Å². The number of hydrogen-bond donors (Lipinski definition) is 4. The van der Waals surface area contributed by atoms with Crippen LogP contribution in [0.2, 0.25) is 0 Å². The molecule has 53 heavy (non-hydrogen) atoms. The number of carbonyl (C=O) groups excluding carboxylic acids is 3. The lowest BCUT2D eigenvalue weighted by atomic mass is 9.88. The molecule has 0 bridgehead atoms. The van der Waals surface area contributed by atoms with Crippen molar-refractivity contribution in [1.82, 2.24) is 25.2 Å². The van der Waals surface area contributed by atoms with Crippen molar-refractivity contribution in [2.24, 2.45) is 17.8 Å². The summed E-state index contributed by atoms with van der Waals surface area (Å²) in [6.07, 6.45) is 4.62. The first-order valence-corrected chi connectivity index (χ1v) is 19.6. The molecule has 0 unspecified atom stereocenters. The molecular weight excluding hydrogens is 705 g/mol. The van der Waals surface area contributed by atoms with E-state index in [1.165, 1.54) is 4.90 Å². The number of fused-ring (bicyclic) bond motifs is 3. The average Bonchev–Trinajstić information content (AvgIpc) is 3.98. The van der Waals surface area contributed by atoms with Crippen LogP contribution in [0.1, 0.15) is 65.7 Å². The van der Waals surface area contributed by atoms with Gasteiger partial charge >= 0.3 is 6.09 Å². The van der Waals surface area contributed by atoms with Gasteiger partial charge in [0.15, 0.2) is 0 Å². The Morgan fingerprint density at radius 1 is 1.13 bits per heavy atom. The number of ether oxygens (including phenoxy) is 2. The van der Waals surface area contributed by atoms with E-state index in [1.54, 1.807) is 20.1 Å². The maximum atomic E-state index is 14.5. The highest BCUT2D eigenvalue weighted by Gasteiger charge is 2.63. The van der Waals surface area contributed by atoms with Gasteiger partial charge in [-0.05, 0) is 86.9 Å². The van der Waals surface area contributed by atoms with E-state index in [0.29, 0.717) is 42.6 Å². The van der Waals surface area contributed by atoms with Crippen LogP contribution in [0.4, 0.5) is 10.6 Å². The smallest absolute Gasteiger partial charge is 0.405 e. The van der Waals surface area contributed by atoms with Crippen molar-refractivity contribution < 1.29 is 42.2 Å². The molecule has 1 saturated heterocycles. The largest absolute Gasteiger partial charge is 0.497 e. The van der Waals surface area contributed by atoms with Crippen molar-refractivity contribution in [2.45, 2.75) is 94.2 Å². The summed E-state index contributed by atoms with van der Waals surface area (Å²) in [5.41, 5.74) is -1.55. The third kappa shape index (κ3) is 7.73. The van der Waals surface area contributed by atoms with Crippen LogP contribution in [-0.2, 0) is 24.4 Å². The maximum Gasteiger partial charge on any atom is 0.405 e. The van der Waals surface area contributed by atoms with Gasteiger partial charge in [0.05, 0.1) is 18.4 Å². The first kappa shape index (κ1) is 38.1. The molecule has 0 radical (unpaired) electrons. The number of methoxy groups -OCH3 is 1. The normalized spacial score (nSPS) is 30.4. The van der Waals surface area contributed by atoms with Crippen LogP contribution >= 0.6 is 0 Å². The van der Waals surface area contributed by atoms with Crippen LogP contribution in [0.15, 0.2) is 36.4 Å². The molecule has 2 aliphatic heterocycles. The molecule has 4 aliphatic rings. The molecule has 0 spiro atoms. The van der Waals surface area contributed by atoms with Crippen molar-refractivity contribution in [2.75, 3.05) is 32.6 Å². The van der Waals surface area contributed by atoms with E-state index in [4.69, 9.17) is 14.5 Å². The minimum atomic E-state index is -4.01. The second kappa shape index (κ2) is 14.3. The van der Waals surface area contributed by atoms with Gasteiger partial charge in [-0.25, -0.2) is 13.2 Å². The predicted octanol–water partition coefficient (Wildman–Crippen LogP) is 3.18. The summed E-state index contributed by atoms with van der Waals surface area (Å²) in [6.45, 7) is 5.35. The zero-order valence-electron chi connectivity index (χ0n) is 31.0. The molecule has 1 aromatic carbocycles. The molecule has 2 aliphatic carbocycles. The number of benzene rings is 1. The Kier molecular flexibility index (Phi) is 10.3. The Morgan fingerprint density at radius 3 is 2.53 bits per heavy atom. The van der Waals surface area contributed by atoms with Gasteiger partial charge in [0.2, 0.25) is 27.7 Å². The summed E-state index contributed by atoms with van der Waals surface area (Å²) in [5, 5.41) is 16.5. The molecule has 3 fully saturated rings. The molecule has 3 heterocycles. The lowest BCUT2D eigenvalue weighted by Gasteiger charge is -2.32. The molecule has 288 valence electrons. The first-order chi connectivity index (χ1) is 25.0. The van der Waals surface area contributed by atoms with Crippen molar-refractivity contribution in [3.8, 4) is 11.6 Å². The monoisotopic (exact) mass is 754 g/mol. The second-order valence-electron chi connectivity index (χ2n) is 15.7. The number of nitrogens with zero attached hydrogens (tertiary/aromatic N) is 3. The summed E-state index contributed by atoms with van der Waals surface area (Å²) in [7, 11) is 1.25. The van der Waals surface area contributed by atoms with Gasteiger partial charge in [-0.15, -0.1) is 0 Å². The van der Waals surface area contributed by atoms with Crippen molar-refractivity contribution in [1.29, 1.82) is 0 Å². The van der Waals surface area contributed by atoms with Crippen molar-refractivity contribution in [3.63, 3.8) is 0 Å². The van der Waals surface area contributed by atoms with Gasteiger partial charge in [-0.1, -0.05) is 26.0 Å². The summed E-state index contributed by atoms with van der Waals surface area (Å²) < 4.78 is 39.4. The number of sulfonamides is 1. The summed E-state index contributed by atoms with van der Waals surface area (Å²) in [6, 6.07) is 5.00. The highest BCUT2D eigenvalue weighted by Crippen LogP contribution is 2.47. The Balaban J connectivity index is 1.36. The number of carboxylic acid groups (broad SMARTS) is 1. The van der Waals surface area contributed by atoms with E-state index in [1.807, 2.05) is 63.2 Å². The molecule has 16 heteroatoms. The van der Waals surface area contributed by atoms with Gasteiger partial charge in [0.25, 0.3) is 5.91 Å². The summed E-state index contributed by atoms with van der Waals surface area (Å²) in [4.78, 5) is 62.6. The Morgan fingerprint density at radius 2 is 1.87 bits per heavy atom. The maximum absolute atomic E-state index is 14.5. The zero-order valence-corrected chi connectivity index (χ0v) is 31.9. The van der Waals surface area contributed by atoms with Gasteiger partial charge < -0.3 is 35.0 Å². The van der Waals surface area contributed by atoms with Crippen LogP contribution in [0.5, 0.6) is 11.6 Å². The molecule has 15 nitrogen and oxygen atoms in total. The number of hydrogen-bond acceptors (Lipinski definition) is 10. The number of pyridine rings is 1. The molecule has 2 saturated carbocycles. The highest BCUT2D eigenvalue weighted by molar-refractivity contribution is 7.91. The number of aromatic nitrogens is 1. The number of rotatable bonds is 8. The molecule has 4 amide bonds. The van der Waals surface area contributed by atoms with Crippen LogP contribution in [0.3, 0.4) is 0 Å². The highest BCUT2D eigenvalue weighted by atomic mass is 32.2. The van der Waals surface area contributed by atoms with E-state index < -0.39 is 74.1 Å². The third-order valence-corrected chi connectivity index (χ3v) is 13.4. The van der Waals surface area contributed by atoms with E-state index in [2.05, 4.69) is 15.4 Å². The minimum absolute atomic E-state index is 0.00223. The minimum Gasteiger partial charge on any atom is -0.497 e. The number of allylic oxidation sites excluding steroid dienone is 1. The van der Waals surface area contributed by atoms with Crippen molar-refractivity contribution >= 4 is 50.4 Å². The SMILES string of the molecule is COc1ccc2c(O[C@@H]3C[C@H]4C(=O)N[C@]5(C(=O)NS(=O)(=O)C6(C)CC6)C[C@H]5/C=C\CC[C@@H](C)C[C@@H](C)[C@H](NC(=O)O)C(=O)N4C3)nc(N(C)C)cc2c1. The number of carbonyl (C=O) groups is 4. The van der Waals surface area contributed by atoms with E-state index in [-0.39, 0.29) is 31.2 Å². The van der Waals surface area contributed by atoms with Crippen LogP contribution in [-0.4, -0.2) is 103 Å². The fourth-order valence-corrected chi connectivity index (χ4v) is 8.84. The Labute approximate surface area is 309 Å². The molecule has 4 N–H and O–H groups in total. The summed E-state index contributed by atoms with van der Waals surface area (Å²) in [5.74, 6) is -1.32. The number of nitrogens with one attached hydrogen (secondary N) is 3. The van der Waals surface area contributed by atoms with Gasteiger partial charge in [-0.3, -0.25) is 19.1 Å². The van der Waals surface area contributed by atoms with Gasteiger partial charge in [-0.2, -0.15) is 4.98 Å². The standard InChI is InChI=1S/C37H50N6O9S/c1-21-9-7-8-10-24-19-37(24,34(46)41-53(49,50)36(3)13-14-36)40-31(44)28-18-26(20-43(28)33(45)30(22(2)15-21)39-35(47)48)52-32-27-12-11-25(51-6)16-23(27)17-29(38-32)42(4)5/h8,10-12,16-17,21-22,24,26,28,30,39H,7,9,13-15,18-20H2,1-6H3,(H,40,44)(H,41,46)(H,47,48)/b10-8-/t21-,22-,24-,26-,28+,30+,37-/m1/s1. The second-order valence-corrected chi connectivity index (χ2v) is 17.9. The predicted molar refractivity (Wildman–Crippen MR) is 197 cm³/mol. The summed E-state index contributed by atoms with van der Waals surface area (Å²) >= 11 is 0. The van der Waals surface area contributed by atoms with E-state index in [9.17, 15) is 32.7 Å². The third-order valence-electron chi connectivity index (χ3n) is 11.3. The van der Waals surface area contributed by atoms with E-state index >= 15 is 0 Å². The Bertz CT molecular complexity index is 1930. The molecular formula is C37H50N6O9S. The lowest BCUT2D eigenvalue weighted by molar-refractivity contribution is -0.142. The topological polar surface area (TPSA) is 197 Å². The van der Waals surface area contributed by atoms with Crippen molar-refractivity contribution in [3.05, 3.63) is 36.4 Å². The van der Waals surface area contributed by atoms with Crippen LogP contribution < -0.4 is 29.7 Å². The lowest BCUT2D eigenvalue weighted by Crippen LogP contribution is -2.59. The fraction of sp³-hybridized carbons (Fsp3) is 0.595. The van der Waals surface area contributed by atoms with E-state index in [0.717, 1.165) is 11.8 Å². The fourth-order valence-electron chi connectivity index (χ4n) is 7.52. The average molecular weight is 755 g/mol. The first-order valence-electron chi connectivity index (χ1n) is 18.1. The number of anilines is 1. The molecule has 1 aromatic heterocycles.